The Bertz CT molecular complexity index is 666. The van der Waals surface area contributed by atoms with Crippen molar-refractivity contribution in [1.82, 2.24) is 0 Å². The van der Waals surface area contributed by atoms with Gasteiger partial charge in [0.05, 0.1) is 15.5 Å². The van der Waals surface area contributed by atoms with E-state index >= 15 is 0 Å². The molecule has 0 amide bonds. The third-order valence-corrected chi connectivity index (χ3v) is 5.19. The molecule has 1 aliphatic heterocycles. The Labute approximate surface area is 136 Å². The average molecular weight is 342 g/mol. The summed E-state index contributed by atoms with van der Waals surface area (Å²) in [4.78, 5) is 12.3. The van der Waals surface area contributed by atoms with E-state index in [9.17, 15) is 18.5 Å². The predicted molar refractivity (Wildman–Crippen MR) is 87.6 cm³/mol. The van der Waals surface area contributed by atoms with Crippen molar-refractivity contribution in [2.45, 2.75) is 24.7 Å². The van der Waals surface area contributed by atoms with Crippen molar-refractivity contribution in [3.8, 4) is 0 Å². The first-order valence-electron chi connectivity index (χ1n) is 7.64. The lowest BCUT2D eigenvalue weighted by Gasteiger charge is -2.34. The summed E-state index contributed by atoms with van der Waals surface area (Å²) in [5.41, 5.74) is 0.341. The van der Waals surface area contributed by atoms with Crippen molar-refractivity contribution in [1.29, 1.82) is 0 Å². The Morgan fingerprint density at radius 3 is 2.52 bits per heavy atom. The summed E-state index contributed by atoms with van der Waals surface area (Å²) in [6, 6.07) is 4.05. The predicted octanol–water partition coefficient (Wildman–Crippen LogP) is 2.25. The highest BCUT2D eigenvalue weighted by Crippen LogP contribution is 2.32. The van der Waals surface area contributed by atoms with E-state index < -0.39 is 14.8 Å². The van der Waals surface area contributed by atoms with Gasteiger partial charge in [-0.3, -0.25) is 10.1 Å². The Kier molecular flexibility index (Phi) is 5.59. The van der Waals surface area contributed by atoms with Gasteiger partial charge in [-0.15, -0.1) is 0 Å². The van der Waals surface area contributed by atoms with Gasteiger partial charge in [0.1, 0.15) is 0 Å². The fraction of sp³-hybridized carbons (Fsp3) is 0.600. The Hall–Kier alpha value is -1.67. The fourth-order valence-corrected chi connectivity index (χ4v) is 3.71. The van der Waals surface area contributed by atoms with Gasteiger partial charge >= 0.3 is 0 Å². The van der Waals surface area contributed by atoms with Crippen LogP contribution in [0.2, 0.25) is 0 Å². The van der Waals surface area contributed by atoms with E-state index in [1.807, 2.05) is 11.8 Å². The van der Waals surface area contributed by atoms with Crippen molar-refractivity contribution < 1.29 is 18.1 Å². The lowest BCUT2D eigenvalue weighted by molar-refractivity contribution is -0.385. The number of nitrogens with zero attached hydrogens (tertiary/aromatic N) is 2. The second kappa shape index (κ2) is 7.27. The zero-order chi connectivity index (χ0) is 17.0. The monoisotopic (exact) mass is 342 g/mol. The molecule has 1 aromatic rings. The van der Waals surface area contributed by atoms with Crippen LogP contribution >= 0.6 is 0 Å². The molecule has 0 aliphatic carbocycles. The molecule has 0 radical (unpaired) electrons. The molecule has 0 unspecified atom stereocenters. The van der Waals surface area contributed by atoms with Crippen LogP contribution in [0.3, 0.4) is 0 Å². The highest BCUT2D eigenvalue weighted by molar-refractivity contribution is 7.90. The molecule has 1 aliphatic rings. The SMILES string of the molecule is CCOCC1CCN(c2ccc([N+](=O)[O-])cc2S(C)(=O)=O)CC1. The van der Waals surface area contributed by atoms with Crippen LogP contribution < -0.4 is 4.90 Å². The molecule has 0 atom stereocenters. The molecular formula is C15H22N2O5S. The summed E-state index contributed by atoms with van der Waals surface area (Å²) in [5, 5.41) is 10.9. The van der Waals surface area contributed by atoms with Crippen LogP contribution in [0, 0.1) is 16.0 Å². The first kappa shape index (κ1) is 17.7. The normalized spacial score (nSPS) is 16.5. The second-order valence-corrected chi connectivity index (χ2v) is 7.76. The first-order valence-corrected chi connectivity index (χ1v) is 9.53. The number of hydrogen-bond donors (Lipinski definition) is 0. The van der Waals surface area contributed by atoms with E-state index in [2.05, 4.69) is 0 Å². The zero-order valence-corrected chi connectivity index (χ0v) is 14.2. The van der Waals surface area contributed by atoms with Crippen molar-refractivity contribution >= 4 is 21.2 Å². The Balaban J connectivity index is 2.22. The summed E-state index contributed by atoms with van der Waals surface area (Å²) in [7, 11) is -3.54. The van der Waals surface area contributed by atoms with Crippen molar-refractivity contribution in [2.75, 3.05) is 37.5 Å². The van der Waals surface area contributed by atoms with Crippen LogP contribution in [-0.4, -0.2) is 45.9 Å². The number of sulfone groups is 1. The van der Waals surface area contributed by atoms with Gasteiger partial charge in [0.15, 0.2) is 9.84 Å². The Morgan fingerprint density at radius 1 is 1.35 bits per heavy atom. The molecule has 8 heteroatoms. The molecule has 1 saturated heterocycles. The van der Waals surface area contributed by atoms with Crippen LogP contribution in [0.5, 0.6) is 0 Å². The van der Waals surface area contributed by atoms with E-state index in [1.165, 1.54) is 12.1 Å². The molecule has 2 rings (SSSR count). The van der Waals surface area contributed by atoms with E-state index in [4.69, 9.17) is 4.74 Å². The molecule has 0 saturated carbocycles. The lowest BCUT2D eigenvalue weighted by atomic mass is 9.97. The summed E-state index contributed by atoms with van der Waals surface area (Å²) in [6.07, 6.45) is 2.91. The molecule has 0 bridgehead atoms. The van der Waals surface area contributed by atoms with Crippen molar-refractivity contribution in [2.24, 2.45) is 5.92 Å². The summed E-state index contributed by atoms with van der Waals surface area (Å²) in [5.74, 6) is 0.478. The number of nitro groups is 1. The molecule has 1 fully saturated rings. The number of piperidine rings is 1. The lowest BCUT2D eigenvalue weighted by Crippen LogP contribution is -2.35. The van der Waals surface area contributed by atoms with Gasteiger partial charge in [-0.2, -0.15) is 0 Å². The zero-order valence-electron chi connectivity index (χ0n) is 13.4. The first-order chi connectivity index (χ1) is 10.8. The topological polar surface area (TPSA) is 89.8 Å². The van der Waals surface area contributed by atoms with Crippen molar-refractivity contribution in [3.05, 3.63) is 28.3 Å². The minimum Gasteiger partial charge on any atom is -0.381 e. The minimum atomic E-state index is -3.54. The Morgan fingerprint density at radius 2 is 2.00 bits per heavy atom. The maximum atomic E-state index is 12.0. The van der Waals surface area contributed by atoms with Crippen LogP contribution in [0.4, 0.5) is 11.4 Å². The molecule has 0 N–H and O–H groups in total. The van der Waals surface area contributed by atoms with E-state index in [0.717, 1.165) is 44.9 Å². The third-order valence-electron chi connectivity index (χ3n) is 4.07. The second-order valence-electron chi connectivity index (χ2n) is 5.77. The molecule has 0 aromatic heterocycles. The number of hydrogen-bond acceptors (Lipinski definition) is 6. The quantitative estimate of drug-likeness (QED) is 0.582. The summed E-state index contributed by atoms with van der Waals surface area (Å²) < 4.78 is 29.5. The van der Waals surface area contributed by atoms with Crippen molar-refractivity contribution in [3.63, 3.8) is 0 Å². The van der Waals surface area contributed by atoms with E-state index in [1.54, 1.807) is 0 Å². The van der Waals surface area contributed by atoms with Gasteiger partial charge in [-0.05, 0) is 31.7 Å². The van der Waals surface area contributed by atoms with Crippen LogP contribution in [0.1, 0.15) is 19.8 Å². The fourth-order valence-electron chi connectivity index (χ4n) is 2.80. The number of rotatable bonds is 6. The summed E-state index contributed by atoms with van der Waals surface area (Å²) in [6.45, 7) is 4.82. The number of anilines is 1. The molecular weight excluding hydrogens is 320 g/mol. The standard InChI is InChI=1S/C15H22N2O5S/c1-3-22-11-12-6-8-16(9-7-12)14-5-4-13(17(18)19)10-15(14)23(2,20)21/h4-5,10,12H,3,6-9,11H2,1-2H3. The van der Waals surface area contributed by atoms with Gasteiger partial charge < -0.3 is 9.64 Å². The molecule has 0 spiro atoms. The molecule has 23 heavy (non-hydrogen) atoms. The number of ether oxygens (including phenoxy) is 1. The van der Waals surface area contributed by atoms with Gasteiger partial charge in [-0.25, -0.2) is 8.42 Å². The molecule has 7 nitrogen and oxygen atoms in total. The van der Waals surface area contributed by atoms with Gasteiger partial charge in [0.2, 0.25) is 0 Å². The van der Waals surface area contributed by atoms with Crippen LogP contribution in [0.15, 0.2) is 23.1 Å². The number of non-ortho nitro benzene ring substituents is 1. The number of nitro benzene ring substituents is 1. The maximum Gasteiger partial charge on any atom is 0.270 e. The molecule has 1 heterocycles. The van der Waals surface area contributed by atoms with Crippen LogP contribution in [-0.2, 0) is 14.6 Å². The largest absolute Gasteiger partial charge is 0.381 e. The van der Waals surface area contributed by atoms with Gasteiger partial charge in [0.25, 0.3) is 5.69 Å². The molecule has 128 valence electrons. The van der Waals surface area contributed by atoms with E-state index in [-0.39, 0.29) is 10.6 Å². The average Bonchev–Trinajstić information content (AvgIpc) is 2.52. The third kappa shape index (κ3) is 4.42. The highest BCUT2D eigenvalue weighted by atomic mass is 32.2. The van der Waals surface area contributed by atoms with Crippen LogP contribution in [0.25, 0.3) is 0 Å². The minimum absolute atomic E-state index is 0.0231. The maximum absolute atomic E-state index is 12.0. The number of benzene rings is 1. The molecule has 1 aromatic carbocycles. The van der Waals surface area contributed by atoms with E-state index in [0.29, 0.717) is 18.2 Å². The summed E-state index contributed by atoms with van der Waals surface area (Å²) >= 11 is 0. The van der Waals surface area contributed by atoms with Gasteiger partial charge in [0, 0.05) is 44.7 Å². The van der Waals surface area contributed by atoms with Gasteiger partial charge in [-0.1, -0.05) is 0 Å². The smallest absolute Gasteiger partial charge is 0.270 e. The highest BCUT2D eigenvalue weighted by Gasteiger charge is 2.25.